The number of carboxylic acids is 1. The molecule has 1 atom stereocenters. The largest absolute Gasteiger partial charge is 0.480 e. The summed E-state index contributed by atoms with van der Waals surface area (Å²) < 4.78 is 13.2. The van der Waals surface area contributed by atoms with Gasteiger partial charge < -0.3 is 5.11 Å². The molecule has 1 aromatic rings. The molecule has 1 aliphatic rings. The predicted molar refractivity (Wildman–Crippen MR) is 64.1 cm³/mol. The second kappa shape index (κ2) is 5.31. The molecule has 0 saturated carbocycles. The van der Waals surface area contributed by atoms with Crippen molar-refractivity contribution in [2.45, 2.75) is 25.4 Å². The molecule has 19 heavy (non-hydrogen) atoms. The van der Waals surface area contributed by atoms with Crippen LogP contribution >= 0.6 is 0 Å². The number of nitro benzene ring substituents is 1. The minimum atomic E-state index is -0.948. The maximum Gasteiger partial charge on any atom is 0.320 e. The standard InChI is InChI=1S/C12H13FN2O4/c13-9-3-4-10(15(18)19)8(6-9)7-14-5-1-2-11(14)12(16)17/h3-4,6,11H,1-2,5,7H2,(H,16,17)/t11-/m0/s1. The van der Waals surface area contributed by atoms with Crippen LogP contribution in [0.15, 0.2) is 18.2 Å². The fourth-order valence-electron chi connectivity index (χ4n) is 2.37. The number of hydrogen-bond donors (Lipinski definition) is 1. The molecular formula is C12H13FN2O4. The molecule has 0 unspecified atom stereocenters. The monoisotopic (exact) mass is 268 g/mol. The molecule has 0 aliphatic carbocycles. The fraction of sp³-hybridized carbons (Fsp3) is 0.417. The third-order valence-electron chi connectivity index (χ3n) is 3.26. The number of benzene rings is 1. The van der Waals surface area contributed by atoms with Crippen LogP contribution in [0.2, 0.25) is 0 Å². The van der Waals surface area contributed by atoms with Crippen LogP contribution in [0.5, 0.6) is 0 Å². The normalized spacial score (nSPS) is 19.5. The molecule has 0 bridgehead atoms. The van der Waals surface area contributed by atoms with Gasteiger partial charge in [0.15, 0.2) is 0 Å². The van der Waals surface area contributed by atoms with E-state index >= 15 is 0 Å². The van der Waals surface area contributed by atoms with E-state index in [2.05, 4.69) is 0 Å². The average Bonchev–Trinajstić information content (AvgIpc) is 2.76. The Morgan fingerprint density at radius 1 is 1.58 bits per heavy atom. The summed E-state index contributed by atoms with van der Waals surface area (Å²) in [5.41, 5.74) is 0.0237. The quantitative estimate of drug-likeness (QED) is 0.664. The first-order valence-electron chi connectivity index (χ1n) is 5.88. The summed E-state index contributed by atoms with van der Waals surface area (Å²) in [6.07, 6.45) is 1.23. The van der Waals surface area contributed by atoms with Gasteiger partial charge in [-0.1, -0.05) is 0 Å². The molecule has 1 aromatic carbocycles. The van der Waals surface area contributed by atoms with Gasteiger partial charge in [-0.15, -0.1) is 0 Å². The molecule has 6 nitrogen and oxygen atoms in total. The Kier molecular flexibility index (Phi) is 3.75. The van der Waals surface area contributed by atoms with Crippen LogP contribution in [0.1, 0.15) is 18.4 Å². The summed E-state index contributed by atoms with van der Waals surface area (Å²) in [6, 6.07) is 2.58. The summed E-state index contributed by atoms with van der Waals surface area (Å²) in [5.74, 6) is -1.51. The molecule has 1 fully saturated rings. The number of rotatable bonds is 4. The molecule has 0 amide bonds. The van der Waals surface area contributed by atoms with Crippen molar-refractivity contribution in [2.75, 3.05) is 6.54 Å². The predicted octanol–water partition coefficient (Wildman–Crippen LogP) is 1.78. The number of carboxylic acid groups (broad SMARTS) is 1. The van der Waals surface area contributed by atoms with Crippen LogP contribution in [0.3, 0.4) is 0 Å². The highest BCUT2D eigenvalue weighted by molar-refractivity contribution is 5.73. The minimum absolute atomic E-state index is 0.0744. The van der Waals surface area contributed by atoms with E-state index in [4.69, 9.17) is 5.11 Å². The van der Waals surface area contributed by atoms with Gasteiger partial charge >= 0.3 is 5.97 Å². The molecule has 1 N–H and O–H groups in total. The van der Waals surface area contributed by atoms with Crippen molar-refractivity contribution >= 4 is 11.7 Å². The molecule has 7 heteroatoms. The summed E-state index contributed by atoms with van der Waals surface area (Å²) in [4.78, 5) is 23.0. The summed E-state index contributed by atoms with van der Waals surface area (Å²) in [7, 11) is 0. The van der Waals surface area contributed by atoms with Crippen LogP contribution < -0.4 is 0 Å². The Bertz CT molecular complexity index is 520. The zero-order chi connectivity index (χ0) is 14.0. The Balaban J connectivity index is 2.25. The van der Waals surface area contributed by atoms with Crippen molar-refractivity contribution in [2.24, 2.45) is 0 Å². The number of nitrogens with zero attached hydrogens (tertiary/aromatic N) is 2. The van der Waals surface area contributed by atoms with E-state index in [1.54, 1.807) is 4.90 Å². The topological polar surface area (TPSA) is 83.7 Å². The van der Waals surface area contributed by atoms with Gasteiger partial charge in [-0.2, -0.15) is 0 Å². The van der Waals surface area contributed by atoms with E-state index in [1.165, 1.54) is 0 Å². The molecule has 0 radical (unpaired) electrons. The Labute approximate surface area is 108 Å². The van der Waals surface area contributed by atoms with Gasteiger partial charge in [-0.05, 0) is 31.5 Å². The SMILES string of the molecule is O=C(O)[C@@H]1CCCN1Cc1cc(F)ccc1[N+](=O)[O-]. The van der Waals surface area contributed by atoms with Crippen molar-refractivity contribution in [3.05, 3.63) is 39.7 Å². The molecule has 2 rings (SSSR count). The molecule has 1 saturated heterocycles. The third-order valence-corrected chi connectivity index (χ3v) is 3.26. The average molecular weight is 268 g/mol. The summed E-state index contributed by atoms with van der Waals surface area (Å²) >= 11 is 0. The summed E-state index contributed by atoms with van der Waals surface area (Å²) in [5, 5.41) is 19.9. The van der Waals surface area contributed by atoms with Gasteiger partial charge in [0.1, 0.15) is 11.9 Å². The van der Waals surface area contributed by atoms with Crippen LogP contribution in [-0.2, 0) is 11.3 Å². The highest BCUT2D eigenvalue weighted by Crippen LogP contribution is 2.25. The number of halogens is 1. The first-order chi connectivity index (χ1) is 8.99. The van der Waals surface area contributed by atoms with Gasteiger partial charge in [0, 0.05) is 18.2 Å². The van der Waals surface area contributed by atoms with Gasteiger partial charge in [0.2, 0.25) is 0 Å². The molecule has 0 aromatic heterocycles. The second-order valence-corrected chi connectivity index (χ2v) is 4.50. The van der Waals surface area contributed by atoms with E-state index in [0.717, 1.165) is 24.6 Å². The maximum absolute atomic E-state index is 13.2. The molecule has 102 valence electrons. The smallest absolute Gasteiger partial charge is 0.320 e. The molecule has 0 spiro atoms. The third kappa shape index (κ3) is 2.87. The van der Waals surface area contributed by atoms with Crippen molar-refractivity contribution in [3.8, 4) is 0 Å². The summed E-state index contributed by atoms with van der Waals surface area (Å²) in [6.45, 7) is 0.621. The van der Waals surface area contributed by atoms with Gasteiger partial charge in [-0.25, -0.2) is 4.39 Å². The molecule has 1 aliphatic heterocycles. The van der Waals surface area contributed by atoms with Crippen molar-refractivity contribution in [1.29, 1.82) is 0 Å². The van der Waals surface area contributed by atoms with Crippen LogP contribution in [0, 0.1) is 15.9 Å². The highest BCUT2D eigenvalue weighted by atomic mass is 19.1. The lowest BCUT2D eigenvalue weighted by Gasteiger charge is -2.20. The number of nitro groups is 1. The zero-order valence-electron chi connectivity index (χ0n) is 10.1. The van der Waals surface area contributed by atoms with E-state index in [9.17, 15) is 19.3 Å². The first kappa shape index (κ1) is 13.4. The van der Waals surface area contributed by atoms with Crippen LogP contribution in [0.25, 0.3) is 0 Å². The number of likely N-dealkylation sites (tertiary alicyclic amines) is 1. The lowest BCUT2D eigenvalue weighted by molar-refractivity contribution is -0.385. The minimum Gasteiger partial charge on any atom is -0.480 e. The van der Waals surface area contributed by atoms with E-state index in [1.807, 2.05) is 0 Å². The Morgan fingerprint density at radius 3 is 2.95 bits per heavy atom. The van der Waals surface area contributed by atoms with Crippen molar-refractivity contribution in [1.82, 2.24) is 4.90 Å². The molecule has 1 heterocycles. The number of hydrogen-bond acceptors (Lipinski definition) is 4. The van der Waals surface area contributed by atoms with E-state index < -0.39 is 22.8 Å². The highest BCUT2D eigenvalue weighted by Gasteiger charge is 2.31. The second-order valence-electron chi connectivity index (χ2n) is 4.50. The first-order valence-corrected chi connectivity index (χ1v) is 5.88. The van der Waals surface area contributed by atoms with E-state index in [-0.39, 0.29) is 17.8 Å². The van der Waals surface area contributed by atoms with Crippen molar-refractivity contribution < 1.29 is 19.2 Å². The Hall–Kier alpha value is -2.02. The lowest BCUT2D eigenvalue weighted by Crippen LogP contribution is -2.35. The zero-order valence-corrected chi connectivity index (χ0v) is 10.1. The Morgan fingerprint density at radius 2 is 2.32 bits per heavy atom. The van der Waals surface area contributed by atoms with Crippen LogP contribution in [-0.4, -0.2) is 33.5 Å². The van der Waals surface area contributed by atoms with E-state index in [0.29, 0.717) is 13.0 Å². The maximum atomic E-state index is 13.2. The lowest BCUT2D eigenvalue weighted by atomic mass is 10.1. The van der Waals surface area contributed by atoms with Crippen molar-refractivity contribution in [3.63, 3.8) is 0 Å². The van der Waals surface area contributed by atoms with Gasteiger partial charge in [-0.3, -0.25) is 19.8 Å². The fourth-order valence-corrected chi connectivity index (χ4v) is 2.37. The molecular weight excluding hydrogens is 255 g/mol. The number of aliphatic carboxylic acids is 1. The van der Waals surface area contributed by atoms with Gasteiger partial charge in [0.05, 0.1) is 4.92 Å². The number of carbonyl (C=O) groups is 1. The van der Waals surface area contributed by atoms with Gasteiger partial charge in [0.25, 0.3) is 5.69 Å². The van der Waals surface area contributed by atoms with Crippen LogP contribution in [0.4, 0.5) is 10.1 Å².